The third-order valence-corrected chi connectivity index (χ3v) is 4.19. The number of carboxylic acids is 1. The summed E-state index contributed by atoms with van der Waals surface area (Å²) in [5, 5.41) is 11.8. The van der Waals surface area contributed by atoms with Gasteiger partial charge < -0.3 is 20.1 Å². The lowest BCUT2D eigenvalue weighted by Crippen LogP contribution is -2.33. The molecule has 2 amide bonds. The maximum atomic E-state index is 12.2. The molecule has 1 atom stereocenters. The van der Waals surface area contributed by atoms with Crippen LogP contribution in [0.1, 0.15) is 12.0 Å². The minimum atomic E-state index is -0.854. The molecule has 1 aliphatic rings. The molecule has 6 nitrogen and oxygen atoms in total. The van der Waals surface area contributed by atoms with E-state index in [4.69, 9.17) is 9.84 Å². The number of anilines is 1. The Morgan fingerprint density at radius 3 is 2.24 bits per heavy atom. The van der Waals surface area contributed by atoms with Crippen LogP contribution >= 0.6 is 0 Å². The number of hydrogen-bond donors (Lipinski definition) is 2. The van der Waals surface area contributed by atoms with Gasteiger partial charge in [-0.15, -0.1) is 0 Å². The summed E-state index contributed by atoms with van der Waals surface area (Å²) < 4.78 is 5.75. The maximum Gasteiger partial charge on any atom is 0.321 e. The maximum absolute atomic E-state index is 12.2. The summed E-state index contributed by atoms with van der Waals surface area (Å²) in [7, 11) is 0. The quantitative estimate of drug-likeness (QED) is 0.889. The van der Waals surface area contributed by atoms with Gasteiger partial charge in [-0.3, -0.25) is 4.79 Å². The second kappa shape index (κ2) is 7.25. The number of likely N-dealkylation sites (tertiary alicyclic amines) is 1. The number of aliphatic carboxylic acids is 1. The van der Waals surface area contributed by atoms with Crippen molar-refractivity contribution >= 4 is 17.7 Å². The van der Waals surface area contributed by atoms with Crippen LogP contribution < -0.4 is 10.1 Å². The van der Waals surface area contributed by atoms with Crippen molar-refractivity contribution in [1.82, 2.24) is 4.90 Å². The van der Waals surface area contributed by atoms with Gasteiger partial charge in [-0.25, -0.2) is 4.79 Å². The van der Waals surface area contributed by atoms with Crippen LogP contribution in [0.2, 0.25) is 0 Å². The second-order valence-electron chi connectivity index (χ2n) is 6.14. The largest absolute Gasteiger partial charge is 0.481 e. The Labute approximate surface area is 146 Å². The van der Waals surface area contributed by atoms with Crippen molar-refractivity contribution in [2.45, 2.75) is 13.3 Å². The Balaban J connectivity index is 1.56. The molecule has 130 valence electrons. The summed E-state index contributed by atoms with van der Waals surface area (Å²) in [4.78, 5) is 24.7. The van der Waals surface area contributed by atoms with E-state index in [9.17, 15) is 9.59 Å². The minimum absolute atomic E-state index is 0.246. The van der Waals surface area contributed by atoms with Crippen LogP contribution in [0.25, 0.3) is 0 Å². The predicted octanol–water partition coefficient (Wildman–Crippen LogP) is 3.73. The van der Waals surface area contributed by atoms with Crippen LogP contribution in [0.3, 0.4) is 0 Å². The van der Waals surface area contributed by atoms with Gasteiger partial charge in [0.25, 0.3) is 0 Å². The van der Waals surface area contributed by atoms with Crippen molar-refractivity contribution in [3.05, 3.63) is 54.1 Å². The highest BCUT2D eigenvalue weighted by atomic mass is 16.5. The van der Waals surface area contributed by atoms with Gasteiger partial charge >= 0.3 is 12.0 Å². The zero-order chi connectivity index (χ0) is 17.8. The highest BCUT2D eigenvalue weighted by Gasteiger charge is 2.30. The van der Waals surface area contributed by atoms with Gasteiger partial charge in [0.05, 0.1) is 5.92 Å². The third kappa shape index (κ3) is 4.29. The molecular weight excluding hydrogens is 320 g/mol. The average Bonchev–Trinajstić information content (AvgIpc) is 3.09. The molecule has 2 aromatic carbocycles. The van der Waals surface area contributed by atoms with E-state index in [0.29, 0.717) is 24.4 Å². The van der Waals surface area contributed by atoms with Gasteiger partial charge in [-0.05, 0) is 49.7 Å². The minimum Gasteiger partial charge on any atom is -0.481 e. The van der Waals surface area contributed by atoms with E-state index in [0.717, 1.165) is 11.3 Å². The first-order chi connectivity index (χ1) is 12.0. The number of nitrogens with one attached hydrogen (secondary N) is 1. The van der Waals surface area contributed by atoms with Gasteiger partial charge in [0.15, 0.2) is 0 Å². The van der Waals surface area contributed by atoms with E-state index in [-0.39, 0.29) is 12.6 Å². The Hall–Kier alpha value is -3.02. The molecule has 1 unspecified atom stereocenters. The Kier molecular flexibility index (Phi) is 4.88. The fraction of sp³-hybridized carbons (Fsp3) is 0.263. The van der Waals surface area contributed by atoms with Gasteiger partial charge in [0.2, 0.25) is 0 Å². The lowest BCUT2D eigenvalue weighted by molar-refractivity contribution is -0.141. The standard InChI is InChI=1S/C19H20N2O4/c1-13-2-6-16(7-3-13)25-17-8-4-15(5-9-17)20-19(24)21-11-10-14(12-21)18(22)23/h2-9,14H,10-12H2,1H3,(H,20,24)(H,22,23). The number of nitrogens with zero attached hydrogens (tertiary/aromatic N) is 1. The summed E-state index contributed by atoms with van der Waals surface area (Å²) in [6, 6.07) is 14.5. The summed E-state index contributed by atoms with van der Waals surface area (Å²) in [6.07, 6.45) is 0.492. The normalized spacial score (nSPS) is 16.5. The fourth-order valence-electron chi connectivity index (χ4n) is 2.70. The molecule has 25 heavy (non-hydrogen) atoms. The SMILES string of the molecule is Cc1ccc(Oc2ccc(NC(=O)N3CCC(C(=O)O)C3)cc2)cc1. The molecule has 2 aromatic rings. The molecule has 2 N–H and O–H groups in total. The van der Waals surface area contributed by atoms with E-state index in [1.165, 1.54) is 4.90 Å². The Bertz CT molecular complexity index is 756. The molecule has 0 saturated carbocycles. The number of benzene rings is 2. The van der Waals surface area contributed by atoms with Crippen LogP contribution in [-0.2, 0) is 4.79 Å². The fourth-order valence-corrected chi connectivity index (χ4v) is 2.70. The van der Waals surface area contributed by atoms with E-state index in [1.54, 1.807) is 24.3 Å². The number of ether oxygens (including phenoxy) is 1. The first kappa shape index (κ1) is 16.8. The van der Waals surface area contributed by atoms with E-state index in [2.05, 4.69) is 5.32 Å². The molecule has 1 saturated heterocycles. The van der Waals surface area contributed by atoms with Crippen LogP contribution in [0.15, 0.2) is 48.5 Å². The number of hydrogen-bond acceptors (Lipinski definition) is 3. The number of carboxylic acid groups (broad SMARTS) is 1. The molecule has 0 bridgehead atoms. The van der Waals surface area contributed by atoms with E-state index >= 15 is 0 Å². The summed E-state index contributed by atoms with van der Waals surface area (Å²) in [5.74, 6) is 0.0945. The molecule has 1 aliphatic heterocycles. The highest BCUT2D eigenvalue weighted by Crippen LogP contribution is 2.24. The summed E-state index contributed by atoms with van der Waals surface area (Å²) in [5.41, 5.74) is 1.80. The number of aryl methyl sites for hydroxylation is 1. The van der Waals surface area contributed by atoms with Crippen LogP contribution in [0.4, 0.5) is 10.5 Å². The molecule has 0 spiro atoms. The smallest absolute Gasteiger partial charge is 0.321 e. The Morgan fingerprint density at radius 1 is 1.08 bits per heavy atom. The van der Waals surface area contributed by atoms with Gasteiger partial charge in [-0.2, -0.15) is 0 Å². The average molecular weight is 340 g/mol. The first-order valence-electron chi connectivity index (χ1n) is 8.14. The lowest BCUT2D eigenvalue weighted by atomic mass is 10.1. The van der Waals surface area contributed by atoms with E-state index < -0.39 is 11.9 Å². The zero-order valence-electron chi connectivity index (χ0n) is 13.9. The second-order valence-corrected chi connectivity index (χ2v) is 6.14. The molecule has 6 heteroatoms. The number of amides is 2. The number of urea groups is 1. The third-order valence-electron chi connectivity index (χ3n) is 4.19. The van der Waals surface area contributed by atoms with E-state index in [1.807, 2.05) is 31.2 Å². The Morgan fingerprint density at radius 2 is 1.68 bits per heavy atom. The van der Waals surface area contributed by atoms with Gasteiger partial charge in [-0.1, -0.05) is 17.7 Å². The topological polar surface area (TPSA) is 78.9 Å². The molecule has 0 aromatic heterocycles. The van der Waals surface area contributed by atoms with Gasteiger partial charge in [0, 0.05) is 18.8 Å². The summed E-state index contributed by atoms with van der Waals surface area (Å²) in [6.45, 7) is 2.72. The van der Waals surface area contributed by atoms with Crippen molar-refractivity contribution in [1.29, 1.82) is 0 Å². The molecule has 0 aliphatic carbocycles. The number of carbonyl (C=O) groups is 2. The van der Waals surface area contributed by atoms with Crippen LogP contribution in [0.5, 0.6) is 11.5 Å². The van der Waals surface area contributed by atoms with Crippen molar-refractivity contribution in [3.8, 4) is 11.5 Å². The first-order valence-corrected chi connectivity index (χ1v) is 8.14. The van der Waals surface area contributed by atoms with Crippen molar-refractivity contribution in [2.75, 3.05) is 18.4 Å². The lowest BCUT2D eigenvalue weighted by Gasteiger charge is -2.17. The molecular formula is C19H20N2O4. The zero-order valence-corrected chi connectivity index (χ0v) is 13.9. The molecule has 1 fully saturated rings. The predicted molar refractivity (Wildman–Crippen MR) is 94.0 cm³/mol. The van der Waals surface area contributed by atoms with Crippen molar-refractivity contribution in [3.63, 3.8) is 0 Å². The molecule has 1 heterocycles. The number of rotatable bonds is 4. The number of carbonyl (C=O) groups excluding carboxylic acids is 1. The summed E-state index contributed by atoms with van der Waals surface area (Å²) >= 11 is 0. The molecule has 0 radical (unpaired) electrons. The van der Waals surface area contributed by atoms with Gasteiger partial charge in [0.1, 0.15) is 11.5 Å². The monoisotopic (exact) mass is 340 g/mol. The van der Waals surface area contributed by atoms with Crippen molar-refractivity contribution in [2.24, 2.45) is 5.92 Å². The molecule has 3 rings (SSSR count). The van der Waals surface area contributed by atoms with Crippen molar-refractivity contribution < 1.29 is 19.4 Å². The van der Waals surface area contributed by atoms with Crippen LogP contribution in [-0.4, -0.2) is 35.1 Å². The van der Waals surface area contributed by atoms with Crippen LogP contribution in [0, 0.1) is 12.8 Å². The highest BCUT2D eigenvalue weighted by molar-refractivity contribution is 5.90.